The average molecular weight is 512 g/mol. The number of benzene rings is 2. The molecule has 1 amide bonds. The fourth-order valence-electron chi connectivity index (χ4n) is 3.22. The molecule has 2 heterocycles. The maximum Gasteiger partial charge on any atom is 0.270 e. The molecule has 0 aliphatic rings. The minimum absolute atomic E-state index is 0.148. The Balaban J connectivity index is 1.40. The highest BCUT2D eigenvalue weighted by molar-refractivity contribution is 14.1. The molecule has 7 heteroatoms. The van der Waals surface area contributed by atoms with Crippen molar-refractivity contribution in [1.82, 2.24) is 20.1 Å². The molecule has 0 saturated heterocycles. The first kappa shape index (κ1) is 20.3. The molecular formula is C23H21IN4O2. The summed E-state index contributed by atoms with van der Waals surface area (Å²) in [6.45, 7) is 2.41. The van der Waals surface area contributed by atoms with Gasteiger partial charge < -0.3 is 10.1 Å². The molecule has 0 fully saturated rings. The summed E-state index contributed by atoms with van der Waals surface area (Å²) in [7, 11) is 1.79. The van der Waals surface area contributed by atoms with E-state index in [1.165, 1.54) is 0 Å². The van der Waals surface area contributed by atoms with Crippen LogP contribution in [-0.4, -0.2) is 20.7 Å². The Morgan fingerprint density at radius 3 is 2.63 bits per heavy atom. The van der Waals surface area contributed by atoms with Crippen LogP contribution in [0.1, 0.15) is 28.7 Å². The normalized spacial score (nSPS) is 10.9. The number of fused-ring (bicyclic) bond motifs is 1. The smallest absolute Gasteiger partial charge is 0.270 e. The Morgan fingerprint density at radius 2 is 1.93 bits per heavy atom. The van der Waals surface area contributed by atoms with Crippen molar-refractivity contribution in [1.29, 1.82) is 0 Å². The van der Waals surface area contributed by atoms with Crippen LogP contribution in [0.15, 0.2) is 60.8 Å². The molecule has 4 aromatic rings. The van der Waals surface area contributed by atoms with Gasteiger partial charge in [0.15, 0.2) is 0 Å². The van der Waals surface area contributed by atoms with Gasteiger partial charge >= 0.3 is 0 Å². The second-order valence-corrected chi connectivity index (χ2v) is 7.96. The number of ether oxygens (including phenoxy) is 1. The van der Waals surface area contributed by atoms with E-state index in [2.05, 4.69) is 44.1 Å². The second-order valence-electron chi connectivity index (χ2n) is 6.88. The molecule has 6 nitrogen and oxygen atoms in total. The zero-order valence-electron chi connectivity index (χ0n) is 16.7. The topological polar surface area (TPSA) is 69.0 Å². The number of amides is 1. The Morgan fingerprint density at radius 1 is 1.13 bits per heavy atom. The number of carbonyl (C=O) groups excluding carboxylic acids is 1. The molecule has 30 heavy (non-hydrogen) atoms. The van der Waals surface area contributed by atoms with Crippen molar-refractivity contribution in [2.45, 2.75) is 19.9 Å². The molecule has 2 aromatic heterocycles. The zero-order chi connectivity index (χ0) is 21.1. The quantitative estimate of drug-likeness (QED) is 0.375. The van der Waals surface area contributed by atoms with Crippen molar-refractivity contribution < 1.29 is 9.53 Å². The van der Waals surface area contributed by atoms with Gasteiger partial charge in [-0.3, -0.25) is 9.48 Å². The lowest BCUT2D eigenvalue weighted by atomic mass is 10.1. The van der Waals surface area contributed by atoms with Gasteiger partial charge in [0.25, 0.3) is 5.91 Å². The molecule has 0 aliphatic heterocycles. The van der Waals surface area contributed by atoms with E-state index in [1.54, 1.807) is 24.0 Å². The number of carbonyl (C=O) groups is 1. The van der Waals surface area contributed by atoms with Gasteiger partial charge in [0.1, 0.15) is 11.4 Å². The van der Waals surface area contributed by atoms with Crippen LogP contribution in [0.3, 0.4) is 0 Å². The van der Waals surface area contributed by atoms with Gasteiger partial charge in [0.2, 0.25) is 5.88 Å². The third kappa shape index (κ3) is 4.30. The van der Waals surface area contributed by atoms with Crippen molar-refractivity contribution >= 4 is 39.3 Å². The third-order valence-corrected chi connectivity index (χ3v) is 5.93. The molecule has 2 aromatic carbocycles. The predicted octanol–water partition coefficient (Wildman–Crippen LogP) is 4.86. The fourth-order valence-corrected chi connectivity index (χ4v) is 4.30. The van der Waals surface area contributed by atoms with E-state index in [9.17, 15) is 4.79 Å². The van der Waals surface area contributed by atoms with E-state index in [1.807, 2.05) is 49.4 Å². The van der Waals surface area contributed by atoms with Crippen molar-refractivity contribution in [3.8, 4) is 11.6 Å². The first-order valence-electron chi connectivity index (χ1n) is 9.66. The molecule has 0 radical (unpaired) electrons. The van der Waals surface area contributed by atoms with Gasteiger partial charge in [-0.25, -0.2) is 4.98 Å². The SMILES string of the molecule is CCc1nn(C)c(C(=O)NCc2ccc(Oc3ccc4ccccc4c3)nc2)c1I. The molecular weight excluding hydrogens is 491 g/mol. The Bertz CT molecular complexity index is 1200. The van der Waals surface area contributed by atoms with E-state index >= 15 is 0 Å². The lowest BCUT2D eigenvalue weighted by Gasteiger charge is -2.08. The number of nitrogens with zero attached hydrogens (tertiary/aromatic N) is 3. The zero-order valence-corrected chi connectivity index (χ0v) is 18.9. The number of hydrogen-bond acceptors (Lipinski definition) is 4. The largest absolute Gasteiger partial charge is 0.439 e. The Kier molecular flexibility index (Phi) is 5.98. The van der Waals surface area contributed by atoms with Crippen LogP contribution >= 0.6 is 22.6 Å². The van der Waals surface area contributed by atoms with E-state index in [4.69, 9.17) is 4.74 Å². The number of rotatable bonds is 6. The lowest BCUT2D eigenvalue weighted by Crippen LogP contribution is -2.26. The highest BCUT2D eigenvalue weighted by Crippen LogP contribution is 2.24. The standard InChI is InChI=1S/C23H21IN4O2/c1-3-19-21(24)22(28(2)27-19)23(29)26-14-15-8-11-20(25-13-15)30-18-10-9-16-6-4-5-7-17(16)12-18/h4-13H,3,14H2,1-2H3,(H,26,29). The van der Waals surface area contributed by atoms with Crippen molar-refractivity contribution in [3.63, 3.8) is 0 Å². The number of hydrogen-bond donors (Lipinski definition) is 1. The summed E-state index contributed by atoms with van der Waals surface area (Å²) >= 11 is 2.18. The summed E-state index contributed by atoms with van der Waals surface area (Å²) in [6, 6.07) is 17.8. The Hall–Kier alpha value is -2.94. The van der Waals surface area contributed by atoms with E-state index in [0.29, 0.717) is 18.1 Å². The molecule has 0 atom stereocenters. The van der Waals surface area contributed by atoms with E-state index in [-0.39, 0.29) is 5.91 Å². The minimum Gasteiger partial charge on any atom is -0.439 e. The van der Waals surface area contributed by atoms with Gasteiger partial charge in [-0.05, 0) is 57.5 Å². The van der Waals surface area contributed by atoms with Gasteiger partial charge in [0.05, 0.1) is 9.26 Å². The number of halogens is 1. The van der Waals surface area contributed by atoms with Gasteiger partial charge in [0, 0.05) is 25.9 Å². The summed E-state index contributed by atoms with van der Waals surface area (Å²) in [6.07, 6.45) is 2.50. The number of aromatic nitrogens is 3. The van der Waals surface area contributed by atoms with Crippen LogP contribution in [-0.2, 0) is 20.0 Å². The molecule has 4 rings (SSSR count). The van der Waals surface area contributed by atoms with Crippen LogP contribution in [0.2, 0.25) is 0 Å². The lowest BCUT2D eigenvalue weighted by molar-refractivity contribution is 0.0940. The molecule has 152 valence electrons. The summed E-state index contributed by atoms with van der Waals surface area (Å²) in [5, 5.41) is 9.61. The molecule has 1 N–H and O–H groups in total. The summed E-state index contributed by atoms with van der Waals surface area (Å²) < 4.78 is 8.40. The van der Waals surface area contributed by atoms with Crippen LogP contribution in [0.25, 0.3) is 10.8 Å². The van der Waals surface area contributed by atoms with Crippen LogP contribution in [0.4, 0.5) is 0 Å². The van der Waals surface area contributed by atoms with Gasteiger partial charge in [-0.2, -0.15) is 5.10 Å². The van der Waals surface area contributed by atoms with Crippen molar-refractivity contribution in [2.75, 3.05) is 0 Å². The Labute approximate surface area is 188 Å². The van der Waals surface area contributed by atoms with Crippen molar-refractivity contribution in [3.05, 3.63) is 81.3 Å². The van der Waals surface area contributed by atoms with Crippen molar-refractivity contribution in [2.24, 2.45) is 7.05 Å². The first-order chi connectivity index (χ1) is 14.5. The summed E-state index contributed by atoms with van der Waals surface area (Å²) in [5.41, 5.74) is 2.40. The summed E-state index contributed by atoms with van der Waals surface area (Å²) in [4.78, 5) is 16.9. The number of pyridine rings is 1. The molecule has 0 spiro atoms. The maximum absolute atomic E-state index is 12.6. The minimum atomic E-state index is -0.148. The molecule has 0 aliphatic carbocycles. The maximum atomic E-state index is 12.6. The molecule has 0 saturated carbocycles. The fraction of sp³-hybridized carbons (Fsp3) is 0.174. The number of nitrogens with one attached hydrogen (secondary N) is 1. The molecule has 0 bridgehead atoms. The monoisotopic (exact) mass is 512 g/mol. The highest BCUT2D eigenvalue weighted by Gasteiger charge is 2.19. The summed E-state index contributed by atoms with van der Waals surface area (Å²) in [5.74, 6) is 1.10. The average Bonchev–Trinajstić information content (AvgIpc) is 3.06. The van der Waals surface area contributed by atoms with Gasteiger partial charge in [-0.15, -0.1) is 0 Å². The second kappa shape index (κ2) is 8.83. The van der Waals surface area contributed by atoms with E-state index < -0.39 is 0 Å². The molecule has 0 unspecified atom stereocenters. The highest BCUT2D eigenvalue weighted by atomic mass is 127. The van der Waals surface area contributed by atoms with Crippen LogP contribution in [0, 0.1) is 3.57 Å². The van der Waals surface area contributed by atoms with Crippen LogP contribution < -0.4 is 10.1 Å². The van der Waals surface area contributed by atoms with Crippen LogP contribution in [0.5, 0.6) is 11.6 Å². The van der Waals surface area contributed by atoms with E-state index in [0.717, 1.165) is 37.8 Å². The first-order valence-corrected chi connectivity index (χ1v) is 10.7. The number of aryl methyl sites for hydroxylation is 2. The predicted molar refractivity (Wildman–Crippen MR) is 125 cm³/mol. The van der Waals surface area contributed by atoms with Gasteiger partial charge in [-0.1, -0.05) is 43.3 Å². The third-order valence-electron chi connectivity index (χ3n) is 4.80.